The van der Waals surface area contributed by atoms with E-state index < -0.39 is 16.0 Å². The average molecular weight is 429 g/mol. The van der Waals surface area contributed by atoms with E-state index in [9.17, 15) is 13.2 Å². The molecule has 7 nitrogen and oxygen atoms in total. The molecule has 154 valence electrons. The maximum absolute atomic E-state index is 13.2. The molecule has 0 spiro atoms. The van der Waals surface area contributed by atoms with Gasteiger partial charge in [-0.3, -0.25) is 0 Å². The number of ether oxygens (including phenoxy) is 1. The van der Waals surface area contributed by atoms with Crippen molar-refractivity contribution in [2.24, 2.45) is 0 Å². The minimum absolute atomic E-state index is 0. The molecule has 1 aromatic carbocycles. The zero-order chi connectivity index (χ0) is 19.2. The van der Waals surface area contributed by atoms with Crippen molar-refractivity contribution in [1.82, 2.24) is 9.62 Å². The number of rotatable bonds is 4. The quantitative estimate of drug-likeness (QED) is 0.753. The van der Waals surface area contributed by atoms with Gasteiger partial charge in [-0.1, -0.05) is 0 Å². The van der Waals surface area contributed by atoms with Gasteiger partial charge < -0.3 is 14.5 Å². The lowest BCUT2D eigenvalue weighted by Crippen LogP contribution is -2.39. The average Bonchev–Trinajstić information content (AvgIpc) is 3.14. The molecular formula is C19H25ClN2O5S. The Hall–Kier alpha value is -1.61. The number of fused-ring (bicyclic) bond motifs is 3. The van der Waals surface area contributed by atoms with E-state index in [1.165, 1.54) is 0 Å². The van der Waals surface area contributed by atoms with E-state index in [0.29, 0.717) is 35.7 Å². The van der Waals surface area contributed by atoms with Crippen molar-refractivity contribution in [1.29, 1.82) is 0 Å². The number of aryl methyl sites for hydroxylation is 1. The highest BCUT2D eigenvalue weighted by Gasteiger charge is 2.35. The van der Waals surface area contributed by atoms with Crippen LogP contribution >= 0.6 is 12.4 Å². The molecule has 2 aliphatic heterocycles. The summed E-state index contributed by atoms with van der Waals surface area (Å²) in [5.74, 6) is -0.414. The predicted molar refractivity (Wildman–Crippen MR) is 107 cm³/mol. The highest BCUT2D eigenvalue weighted by Crippen LogP contribution is 2.30. The Labute approximate surface area is 170 Å². The summed E-state index contributed by atoms with van der Waals surface area (Å²) in [6, 6.07) is 5.40. The van der Waals surface area contributed by atoms with Crippen LogP contribution in [0, 0.1) is 6.92 Å². The second-order valence-electron chi connectivity index (χ2n) is 7.22. The molecule has 2 atom stereocenters. The van der Waals surface area contributed by atoms with E-state index in [-0.39, 0.29) is 35.7 Å². The molecule has 2 fully saturated rings. The van der Waals surface area contributed by atoms with E-state index >= 15 is 0 Å². The molecule has 0 saturated carbocycles. The van der Waals surface area contributed by atoms with Crippen LogP contribution in [0.25, 0.3) is 11.0 Å². The summed E-state index contributed by atoms with van der Waals surface area (Å²) >= 11 is 0. The Kier molecular flexibility index (Phi) is 6.05. The lowest BCUT2D eigenvalue weighted by molar-refractivity contribution is 0.0491. The number of carbonyl (C=O) groups excluding carboxylic acids is 1. The van der Waals surface area contributed by atoms with Crippen LogP contribution in [0.4, 0.5) is 0 Å². The lowest BCUT2D eigenvalue weighted by Gasteiger charge is -2.23. The van der Waals surface area contributed by atoms with Crippen molar-refractivity contribution in [3.8, 4) is 0 Å². The summed E-state index contributed by atoms with van der Waals surface area (Å²) in [6.07, 6.45) is 2.96. The topological polar surface area (TPSA) is 88.8 Å². The van der Waals surface area contributed by atoms with Gasteiger partial charge in [-0.2, -0.15) is 4.31 Å². The second kappa shape index (κ2) is 8.02. The van der Waals surface area contributed by atoms with Gasteiger partial charge in [0.05, 0.1) is 11.5 Å². The Bertz CT molecular complexity index is 988. The molecule has 3 heterocycles. The molecule has 0 radical (unpaired) electrons. The van der Waals surface area contributed by atoms with Gasteiger partial charge in [-0.25, -0.2) is 13.2 Å². The molecule has 28 heavy (non-hydrogen) atoms. The Morgan fingerprint density at radius 2 is 2.04 bits per heavy atom. The third kappa shape index (κ3) is 3.66. The summed E-state index contributed by atoms with van der Waals surface area (Å²) < 4.78 is 38.6. The fourth-order valence-corrected chi connectivity index (χ4v) is 5.56. The van der Waals surface area contributed by atoms with Gasteiger partial charge in [-0.15, -0.1) is 12.4 Å². The number of benzene rings is 1. The van der Waals surface area contributed by atoms with Gasteiger partial charge in [0.1, 0.15) is 5.58 Å². The smallest absolute Gasteiger partial charge is 0.374 e. The van der Waals surface area contributed by atoms with E-state index in [4.69, 9.17) is 9.15 Å². The van der Waals surface area contributed by atoms with Crippen LogP contribution < -0.4 is 5.32 Å². The van der Waals surface area contributed by atoms with Gasteiger partial charge in [-0.05, 0) is 51.3 Å². The van der Waals surface area contributed by atoms with Crippen LogP contribution in [-0.4, -0.2) is 50.5 Å². The van der Waals surface area contributed by atoms with Crippen molar-refractivity contribution in [3.63, 3.8) is 0 Å². The zero-order valence-corrected chi connectivity index (χ0v) is 17.6. The first-order chi connectivity index (χ1) is 12.9. The van der Waals surface area contributed by atoms with Gasteiger partial charge in [0.25, 0.3) is 0 Å². The second-order valence-corrected chi connectivity index (χ2v) is 9.16. The highest BCUT2D eigenvalue weighted by atomic mass is 35.5. The number of hydrogen-bond acceptors (Lipinski definition) is 6. The minimum atomic E-state index is -3.60. The molecule has 0 amide bonds. The molecule has 2 aliphatic rings. The maximum Gasteiger partial charge on any atom is 0.374 e. The minimum Gasteiger partial charge on any atom is -0.460 e. The van der Waals surface area contributed by atoms with E-state index in [2.05, 4.69) is 5.32 Å². The first kappa shape index (κ1) is 21.1. The molecular weight excluding hydrogens is 404 g/mol. The summed E-state index contributed by atoms with van der Waals surface area (Å²) in [6.45, 7) is 4.73. The van der Waals surface area contributed by atoms with Crippen molar-refractivity contribution in [3.05, 3.63) is 29.5 Å². The molecule has 1 aromatic heterocycles. The fraction of sp³-hybridized carbons (Fsp3) is 0.526. The third-order valence-electron chi connectivity index (χ3n) is 5.49. The predicted octanol–water partition coefficient (Wildman–Crippen LogP) is 2.85. The number of furan rings is 1. The van der Waals surface area contributed by atoms with Gasteiger partial charge in [0, 0.05) is 36.1 Å². The molecule has 0 aliphatic carbocycles. The summed E-state index contributed by atoms with van der Waals surface area (Å²) in [4.78, 5) is 12.3. The summed E-state index contributed by atoms with van der Waals surface area (Å²) in [5.41, 5.74) is 1.07. The van der Waals surface area contributed by atoms with Gasteiger partial charge in [0.15, 0.2) is 0 Å². The number of nitrogens with zero attached hydrogens (tertiary/aromatic N) is 1. The number of hydrogen-bond donors (Lipinski definition) is 1. The van der Waals surface area contributed by atoms with E-state index in [0.717, 1.165) is 19.3 Å². The van der Waals surface area contributed by atoms with Crippen LogP contribution in [0.5, 0.6) is 0 Å². The van der Waals surface area contributed by atoms with Crippen LogP contribution in [0.15, 0.2) is 27.5 Å². The number of halogens is 1. The SMILES string of the molecule is CCOC(=O)c1oc2ccc(S(=O)(=O)N3CCC4CCC(C3)N4)cc2c1C.Cl. The Morgan fingerprint density at radius 1 is 1.29 bits per heavy atom. The molecule has 9 heteroatoms. The molecule has 2 unspecified atom stereocenters. The lowest BCUT2D eigenvalue weighted by atomic mass is 10.1. The number of carbonyl (C=O) groups is 1. The molecule has 2 bridgehead atoms. The van der Waals surface area contributed by atoms with Crippen LogP contribution in [0.2, 0.25) is 0 Å². The van der Waals surface area contributed by atoms with Crippen LogP contribution in [-0.2, 0) is 14.8 Å². The van der Waals surface area contributed by atoms with Crippen molar-refractivity contribution < 1.29 is 22.4 Å². The molecule has 2 saturated heterocycles. The third-order valence-corrected chi connectivity index (χ3v) is 7.35. The van der Waals surface area contributed by atoms with Crippen molar-refractivity contribution in [2.75, 3.05) is 19.7 Å². The largest absolute Gasteiger partial charge is 0.460 e. The Morgan fingerprint density at radius 3 is 2.79 bits per heavy atom. The van der Waals surface area contributed by atoms with E-state index in [1.54, 1.807) is 36.4 Å². The number of sulfonamides is 1. The number of nitrogens with one attached hydrogen (secondary N) is 1. The highest BCUT2D eigenvalue weighted by molar-refractivity contribution is 7.89. The maximum atomic E-state index is 13.2. The molecule has 1 N–H and O–H groups in total. The normalized spacial score (nSPS) is 22.6. The monoisotopic (exact) mass is 428 g/mol. The summed E-state index contributed by atoms with van der Waals surface area (Å²) in [5, 5.41) is 4.12. The first-order valence-corrected chi connectivity index (χ1v) is 10.8. The van der Waals surface area contributed by atoms with Gasteiger partial charge >= 0.3 is 5.97 Å². The summed E-state index contributed by atoms with van der Waals surface area (Å²) in [7, 11) is -3.60. The van der Waals surface area contributed by atoms with Crippen LogP contribution in [0.3, 0.4) is 0 Å². The molecule has 4 rings (SSSR count). The molecule has 2 aromatic rings. The fourth-order valence-electron chi connectivity index (χ4n) is 4.03. The Balaban J connectivity index is 0.00000225. The first-order valence-electron chi connectivity index (χ1n) is 9.36. The van der Waals surface area contributed by atoms with Gasteiger partial charge in [0.2, 0.25) is 15.8 Å². The van der Waals surface area contributed by atoms with E-state index in [1.807, 2.05) is 0 Å². The van der Waals surface area contributed by atoms with Crippen molar-refractivity contribution in [2.45, 2.75) is 50.1 Å². The standard InChI is InChI=1S/C19H24N2O5S.ClH/c1-3-25-19(22)18-12(2)16-10-15(6-7-17(16)26-18)27(23,24)21-9-8-13-4-5-14(11-21)20-13;/h6-7,10,13-14,20H,3-5,8-9,11H2,1-2H3;1H. The zero-order valence-electron chi connectivity index (χ0n) is 15.9. The van der Waals surface area contributed by atoms with Crippen LogP contribution in [0.1, 0.15) is 42.3 Å². The van der Waals surface area contributed by atoms with Crippen molar-refractivity contribution >= 4 is 39.4 Å². The number of esters is 1.